The molecule has 28 heavy (non-hydrogen) atoms. The minimum Gasteiger partial charge on any atom is -0.332 e. The number of pyridine rings is 1. The molecule has 1 aromatic rings. The second-order valence-electron chi connectivity index (χ2n) is 7.43. The van der Waals surface area contributed by atoms with E-state index < -0.39 is 0 Å². The summed E-state index contributed by atoms with van der Waals surface area (Å²) in [7, 11) is 0. The van der Waals surface area contributed by atoms with Crippen molar-refractivity contribution in [1.82, 2.24) is 15.6 Å². The molecule has 152 valence electrons. The summed E-state index contributed by atoms with van der Waals surface area (Å²) < 4.78 is 0. The maximum absolute atomic E-state index is 12.1. The quantitative estimate of drug-likeness (QED) is 0.173. The van der Waals surface area contributed by atoms with Crippen LogP contribution in [-0.2, 0) is 4.79 Å². The van der Waals surface area contributed by atoms with Crippen molar-refractivity contribution in [1.29, 1.82) is 0 Å². The lowest BCUT2D eigenvalue weighted by Gasteiger charge is -2.16. The summed E-state index contributed by atoms with van der Waals surface area (Å²) in [5.74, 6) is 6.81. The van der Waals surface area contributed by atoms with Gasteiger partial charge in [-0.25, -0.2) is 4.79 Å². The number of rotatable bonds is 11. The van der Waals surface area contributed by atoms with Gasteiger partial charge in [0, 0.05) is 41.8 Å². The number of ketones is 1. The fourth-order valence-electron chi connectivity index (χ4n) is 3.88. The molecule has 2 fully saturated rings. The van der Waals surface area contributed by atoms with Crippen molar-refractivity contribution in [2.45, 2.75) is 68.7 Å². The smallest absolute Gasteiger partial charge is 0.315 e. The predicted octanol–water partition coefficient (Wildman–Crippen LogP) is 2.60. The first-order valence-electron chi connectivity index (χ1n) is 10.0. The molecule has 2 aliphatic rings. The number of thioether (sulfide) groups is 1. The fourth-order valence-corrected chi connectivity index (χ4v) is 5.42. The van der Waals surface area contributed by atoms with Crippen LogP contribution in [0.5, 0.6) is 0 Å². The maximum atomic E-state index is 12.1. The van der Waals surface area contributed by atoms with Crippen LogP contribution in [0.15, 0.2) is 29.6 Å². The Morgan fingerprint density at radius 2 is 1.86 bits per heavy atom. The number of aromatic nitrogens is 1. The predicted molar refractivity (Wildman–Crippen MR) is 112 cm³/mol. The van der Waals surface area contributed by atoms with E-state index in [-0.39, 0.29) is 18.1 Å². The zero-order valence-corrected chi connectivity index (χ0v) is 16.9. The summed E-state index contributed by atoms with van der Waals surface area (Å²) in [5, 5.41) is 10.3. The minimum atomic E-state index is -0.0396. The zero-order chi connectivity index (χ0) is 19.8. The van der Waals surface area contributed by atoms with E-state index in [9.17, 15) is 9.59 Å². The Morgan fingerprint density at radius 1 is 1.14 bits per heavy atom. The highest BCUT2D eigenvalue weighted by atomic mass is 32.2. The molecule has 0 bridgehead atoms. The molecule has 3 rings (SSSR count). The van der Waals surface area contributed by atoms with Gasteiger partial charge in [-0.15, -0.1) is 0 Å². The van der Waals surface area contributed by atoms with E-state index in [0.717, 1.165) is 55.6 Å². The van der Waals surface area contributed by atoms with Gasteiger partial charge in [-0.05, 0) is 44.2 Å². The van der Waals surface area contributed by atoms with E-state index in [0.29, 0.717) is 23.9 Å². The number of hydrogen-bond donors (Lipinski definition) is 3. The Labute approximate surface area is 170 Å². The van der Waals surface area contributed by atoms with Crippen LogP contribution in [0.3, 0.4) is 0 Å². The molecule has 8 heteroatoms. The van der Waals surface area contributed by atoms with Crippen LogP contribution in [0.1, 0.15) is 56.9 Å². The Morgan fingerprint density at radius 3 is 2.61 bits per heavy atom. The molecule has 0 aromatic carbocycles. The van der Waals surface area contributed by atoms with Crippen LogP contribution >= 0.6 is 11.8 Å². The molecule has 3 unspecified atom stereocenters. The first-order chi connectivity index (χ1) is 13.7. The number of hydrazone groups is 1. The molecule has 2 saturated heterocycles. The lowest BCUT2D eigenvalue weighted by Crippen LogP contribution is -2.36. The van der Waals surface area contributed by atoms with E-state index >= 15 is 0 Å². The van der Waals surface area contributed by atoms with Gasteiger partial charge in [-0.2, -0.15) is 16.9 Å². The van der Waals surface area contributed by atoms with E-state index in [4.69, 9.17) is 5.84 Å². The third kappa shape index (κ3) is 5.70. The molecule has 3 atom stereocenters. The number of unbranched alkanes of at least 4 members (excludes halogenated alkanes) is 2. The Bertz CT molecular complexity index is 697. The Hall–Kier alpha value is -2.09. The maximum Gasteiger partial charge on any atom is 0.315 e. The zero-order valence-electron chi connectivity index (χ0n) is 16.1. The summed E-state index contributed by atoms with van der Waals surface area (Å²) in [6.07, 6.45) is 10.3. The van der Waals surface area contributed by atoms with Crippen LogP contribution in [0.4, 0.5) is 4.79 Å². The third-order valence-electron chi connectivity index (χ3n) is 5.42. The van der Waals surface area contributed by atoms with Crippen LogP contribution in [0.25, 0.3) is 0 Å². The van der Waals surface area contributed by atoms with E-state index in [1.54, 1.807) is 12.4 Å². The number of amides is 2. The van der Waals surface area contributed by atoms with E-state index in [2.05, 4.69) is 20.7 Å². The topological polar surface area (TPSA) is 109 Å². The molecule has 1 aromatic heterocycles. The second-order valence-corrected chi connectivity index (χ2v) is 8.70. The number of nitrogens with one attached hydrogen (secondary N) is 2. The molecular weight excluding hydrogens is 374 g/mol. The van der Waals surface area contributed by atoms with Crippen LogP contribution in [0.2, 0.25) is 0 Å². The van der Waals surface area contributed by atoms with Crippen molar-refractivity contribution in [3.8, 4) is 0 Å². The normalized spacial score (nSPS) is 23.9. The highest BCUT2D eigenvalue weighted by Gasteiger charge is 2.42. The van der Waals surface area contributed by atoms with Gasteiger partial charge >= 0.3 is 6.03 Å². The van der Waals surface area contributed by atoms with E-state index in [1.165, 1.54) is 0 Å². The highest BCUT2D eigenvalue weighted by molar-refractivity contribution is 8.00. The first kappa shape index (κ1) is 20.6. The number of hydrogen-bond acceptors (Lipinski definition) is 6. The molecule has 0 radical (unpaired) electrons. The summed E-state index contributed by atoms with van der Waals surface area (Å²) in [5.41, 5.74) is 1.85. The SMILES string of the molecule is N/N=C(/CCCCC(=O)CCCCC1SCC2NC(=O)NC21)c1ccncc1. The molecular formula is C20H29N5O2S. The highest BCUT2D eigenvalue weighted by Crippen LogP contribution is 2.33. The van der Waals surface area contributed by atoms with Gasteiger partial charge in [-0.3, -0.25) is 9.78 Å². The van der Waals surface area contributed by atoms with Gasteiger partial charge in [-0.1, -0.05) is 6.42 Å². The van der Waals surface area contributed by atoms with Crippen molar-refractivity contribution in [3.63, 3.8) is 0 Å². The molecule has 2 aliphatic heterocycles. The largest absolute Gasteiger partial charge is 0.332 e. The van der Waals surface area contributed by atoms with Crippen molar-refractivity contribution in [3.05, 3.63) is 30.1 Å². The number of urea groups is 1. The summed E-state index contributed by atoms with van der Waals surface area (Å²) in [6.45, 7) is 0. The van der Waals surface area contributed by atoms with Gasteiger partial charge in [0.05, 0.1) is 17.8 Å². The summed E-state index contributed by atoms with van der Waals surface area (Å²) >= 11 is 1.93. The van der Waals surface area contributed by atoms with Crippen LogP contribution in [0, 0.1) is 0 Å². The number of nitrogens with two attached hydrogens (primary N) is 1. The molecule has 0 saturated carbocycles. The molecule has 2 amide bonds. The average Bonchev–Trinajstić information content (AvgIpc) is 3.25. The van der Waals surface area contributed by atoms with Gasteiger partial charge in [0.25, 0.3) is 0 Å². The molecule has 4 N–H and O–H groups in total. The van der Waals surface area contributed by atoms with Crippen LogP contribution in [-0.4, -0.2) is 45.6 Å². The standard InChI is InChI=1S/C20H29N5O2S/c21-25-16(14-9-11-22-12-10-14)7-3-1-5-15(26)6-2-4-8-18-19-17(13-28-18)23-20(27)24-19/h9-12,17-19H,1-8,13,21H2,(H2,23,24,27)/b25-16-. The minimum absolute atomic E-state index is 0.0396. The molecule has 0 aliphatic carbocycles. The lowest BCUT2D eigenvalue weighted by molar-refractivity contribution is -0.119. The number of Topliss-reactive ketones (excluding diaryl/α,β-unsaturated/α-hetero) is 1. The first-order valence-corrected chi connectivity index (χ1v) is 11.1. The Kier molecular flexibility index (Phi) is 7.71. The fraction of sp³-hybridized carbons (Fsp3) is 0.600. The lowest BCUT2D eigenvalue weighted by atomic mass is 10.0. The van der Waals surface area contributed by atoms with Crippen molar-refractivity contribution < 1.29 is 9.59 Å². The van der Waals surface area contributed by atoms with Crippen molar-refractivity contribution in [2.24, 2.45) is 10.9 Å². The van der Waals surface area contributed by atoms with Crippen molar-refractivity contribution in [2.75, 3.05) is 5.75 Å². The van der Waals surface area contributed by atoms with Gasteiger partial charge < -0.3 is 16.5 Å². The summed E-state index contributed by atoms with van der Waals surface area (Å²) in [4.78, 5) is 27.5. The number of carbonyl (C=O) groups excluding carboxylic acids is 2. The number of nitrogens with zero attached hydrogens (tertiary/aromatic N) is 2. The van der Waals surface area contributed by atoms with Gasteiger partial charge in [0.15, 0.2) is 0 Å². The average molecular weight is 404 g/mol. The molecule has 0 spiro atoms. The Balaban J connectivity index is 1.25. The van der Waals surface area contributed by atoms with Crippen LogP contribution < -0.4 is 16.5 Å². The molecule has 3 heterocycles. The monoisotopic (exact) mass is 403 g/mol. The molecule has 7 nitrogen and oxygen atoms in total. The second kappa shape index (κ2) is 10.5. The van der Waals surface area contributed by atoms with Crippen molar-refractivity contribution >= 4 is 29.3 Å². The summed E-state index contributed by atoms with van der Waals surface area (Å²) in [6, 6.07) is 4.29. The van der Waals surface area contributed by atoms with Gasteiger partial charge in [0.2, 0.25) is 0 Å². The van der Waals surface area contributed by atoms with E-state index in [1.807, 2.05) is 23.9 Å². The van der Waals surface area contributed by atoms with Gasteiger partial charge in [0.1, 0.15) is 5.78 Å². The third-order valence-corrected chi connectivity index (χ3v) is 6.93. The number of fused-ring (bicyclic) bond motifs is 1. The number of carbonyl (C=O) groups is 2.